The van der Waals surface area contributed by atoms with E-state index in [0.717, 1.165) is 0 Å². The van der Waals surface area contributed by atoms with Crippen molar-refractivity contribution in [2.45, 2.75) is 0 Å². The largest absolute Gasteiger partial charge is 0.382 e. The Morgan fingerprint density at radius 2 is 1.80 bits per heavy atom. The van der Waals surface area contributed by atoms with Gasteiger partial charge in [-0.1, -0.05) is 11.6 Å². The van der Waals surface area contributed by atoms with Crippen molar-refractivity contribution in [3.8, 4) is 0 Å². The predicted octanol–water partition coefficient (Wildman–Crippen LogP) is 2.62. The van der Waals surface area contributed by atoms with Crippen molar-refractivity contribution in [2.24, 2.45) is 10.2 Å². The lowest BCUT2D eigenvalue weighted by molar-refractivity contribution is -0.384. The van der Waals surface area contributed by atoms with E-state index in [2.05, 4.69) is 20.2 Å². The Morgan fingerprint density at radius 3 is 2.35 bits per heavy atom. The van der Waals surface area contributed by atoms with Gasteiger partial charge in [0, 0.05) is 12.1 Å². The number of hydrogen-bond donors (Lipinski definition) is 2. The number of nitro benzene ring substituents is 1. The van der Waals surface area contributed by atoms with Crippen LogP contribution in [0.25, 0.3) is 0 Å². The first kappa shape index (κ1) is 13.6. The maximum Gasteiger partial charge on any atom is 0.269 e. The molecule has 0 spiro atoms. The second-order valence-electron chi connectivity index (χ2n) is 3.58. The number of anilines is 2. The number of azo groups is 1. The van der Waals surface area contributed by atoms with Crippen molar-refractivity contribution >= 4 is 40.4 Å². The van der Waals surface area contributed by atoms with Gasteiger partial charge in [0.15, 0.2) is 16.7 Å². The average Bonchev–Trinajstić information content (AvgIpc) is 2.38. The maximum absolute atomic E-state index is 10.5. The molecule has 10 heteroatoms. The van der Waals surface area contributed by atoms with Gasteiger partial charge >= 0.3 is 0 Å². The lowest BCUT2D eigenvalue weighted by atomic mass is 10.3. The number of hydrogen-bond acceptors (Lipinski definition) is 8. The quantitative estimate of drug-likeness (QED) is 0.385. The van der Waals surface area contributed by atoms with E-state index in [1.807, 2.05) is 0 Å². The van der Waals surface area contributed by atoms with Crippen LogP contribution in [0.1, 0.15) is 0 Å². The molecule has 0 bridgehead atoms. The molecule has 0 fully saturated rings. The van der Waals surface area contributed by atoms with Gasteiger partial charge in [0.05, 0.1) is 10.6 Å². The first-order chi connectivity index (χ1) is 9.47. The molecule has 9 nitrogen and oxygen atoms in total. The summed E-state index contributed by atoms with van der Waals surface area (Å²) in [5.41, 5.74) is 11.4. The van der Waals surface area contributed by atoms with E-state index in [1.54, 1.807) is 0 Å². The van der Waals surface area contributed by atoms with Crippen LogP contribution in [0.15, 0.2) is 34.5 Å². The SMILES string of the molecule is Nc1nc(N)c(N=Nc2ccc([N+](=O)[O-])cc2)c(Cl)n1. The first-order valence-corrected chi connectivity index (χ1v) is 5.60. The number of non-ortho nitro benzene ring substituents is 1. The fourth-order valence-corrected chi connectivity index (χ4v) is 1.52. The third-order valence-electron chi connectivity index (χ3n) is 2.21. The van der Waals surface area contributed by atoms with Crippen LogP contribution in [0.4, 0.5) is 28.8 Å². The zero-order valence-corrected chi connectivity index (χ0v) is 10.7. The van der Waals surface area contributed by atoms with Gasteiger partial charge in [0.1, 0.15) is 0 Å². The summed E-state index contributed by atoms with van der Waals surface area (Å²) in [4.78, 5) is 17.4. The molecule has 1 aromatic carbocycles. The summed E-state index contributed by atoms with van der Waals surface area (Å²) in [6.07, 6.45) is 0. The molecule has 0 unspecified atom stereocenters. The molecule has 2 rings (SSSR count). The number of rotatable bonds is 3. The number of benzene rings is 1. The van der Waals surface area contributed by atoms with Crippen LogP contribution in [0.3, 0.4) is 0 Å². The molecule has 4 N–H and O–H groups in total. The van der Waals surface area contributed by atoms with E-state index in [9.17, 15) is 10.1 Å². The number of aromatic nitrogens is 2. The molecule has 102 valence electrons. The highest BCUT2D eigenvalue weighted by Gasteiger charge is 2.09. The fraction of sp³-hybridized carbons (Fsp3) is 0. The molecule has 2 aromatic rings. The van der Waals surface area contributed by atoms with Gasteiger partial charge < -0.3 is 11.5 Å². The van der Waals surface area contributed by atoms with E-state index in [0.29, 0.717) is 5.69 Å². The van der Waals surface area contributed by atoms with Crippen molar-refractivity contribution in [3.05, 3.63) is 39.5 Å². The second-order valence-corrected chi connectivity index (χ2v) is 3.94. The molecular formula is C10H8ClN7O2. The minimum Gasteiger partial charge on any atom is -0.382 e. The topological polar surface area (TPSA) is 146 Å². The Morgan fingerprint density at radius 1 is 1.15 bits per heavy atom. The highest BCUT2D eigenvalue weighted by Crippen LogP contribution is 2.30. The van der Waals surface area contributed by atoms with E-state index in [1.165, 1.54) is 24.3 Å². The van der Waals surface area contributed by atoms with Gasteiger partial charge in [0.25, 0.3) is 5.69 Å². The van der Waals surface area contributed by atoms with Crippen LogP contribution in [-0.4, -0.2) is 14.9 Å². The minimum atomic E-state index is -0.510. The third kappa shape index (κ3) is 2.95. The van der Waals surface area contributed by atoms with Gasteiger partial charge in [-0.2, -0.15) is 15.1 Å². The number of nitrogens with two attached hydrogens (primary N) is 2. The molecule has 0 saturated carbocycles. The van der Waals surface area contributed by atoms with Gasteiger partial charge in [-0.15, -0.1) is 5.11 Å². The molecule has 0 saturated heterocycles. The average molecular weight is 294 g/mol. The van der Waals surface area contributed by atoms with Gasteiger partial charge in [-0.25, -0.2) is 0 Å². The van der Waals surface area contributed by atoms with Crippen LogP contribution in [0.5, 0.6) is 0 Å². The smallest absolute Gasteiger partial charge is 0.269 e. The van der Waals surface area contributed by atoms with Crippen LogP contribution >= 0.6 is 11.6 Å². The Kier molecular flexibility index (Phi) is 3.71. The van der Waals surface area contributed by atoms with E-state index >= 15 is 0 Å². The minimum absolute atomic E-state index is 0.00633. The highest BCUT2D eigenvalue weighted by molar-refractivity contribution is 6.32. The number of nitrogens with zero attached hydrogens (tertiary/aromatic N) is 5. The number of nitro groups is 1. The number of nitrogen functional groups attached to an aromatic ring is 2. The van der Waals surface area contributed by atoms with Crippen LogP contribution in [-0.2, 0) is 0 Å². The lowest BCUT2D eigenvalue weighted by Crippen LogP contribution is -1.99. The fourth-order valence-electron chi connectivity index (χ4n) is 1.30. The molecule has 0 aliphatic carbocycles. The molecule has 0 aliphatic heterocycles. The Balaban J connectivity index is 2.27. The predicted molar refractivity (Wildman–Crippen MR) is 73.1 cm³/mol. The van der Waals surface area contributed by atoms with Crippen molar-refractivity contribution in [1.82, 2.24) is 9.97 Å². The maximum atomic E-state index is 10.5. The molecule has 20 heavy (non-hydrogen) atoms. The Labute approximate surface area is 117 Å². The van der Waals surface area contributed by atoms with Crippen LogP contribution in [0.2, 0.25) is 5.15 Å². The zero-order chi connectivity index (χ0) is 14.7. The standard InChI is InChI=1S/C10H8ClN7O2/c11-8-7(9(12)15-10(13)14-8)17-16-5-1-3-6(4-2-5)18(19)20/h1-4H,(H4,12,13,14,15). The summed E-state index contributed by atoms with van der Waals surface area (Å²) in [5, 5.41) is 18.1. The molecule has 0 radical (unpaired) electrons. The Bertz CT molecular complexity index is 664. The highest BCUT2D eigenvalue weighted by atomic mass is 35.5. The van der Waals surface area contributed by atoms with E-state index in [4.69, 9.17) is 23.1 Å². The lowest BCUT2D eigenvalue weighted by Gasteiger charge is -2.01. The zero-order valence-electron chi connectivity index (χ0n) is 9.89. The summed E-state index contributed by atoms with van der Waals surface area (Å²) >= 11 is 5.81. The third-order valence-corrected chi connectivity index (χ3v) is 2.48. The van der Waals surface area contributed by atoms with E-state index < -0.39 is 4.92 Å². The molecule has 1 heterocycles. The summed E-state index contributed by atoms with van der Waals surface area (Å²) in [6.45, 7) is 0. The van der Waals surface area contributed by atoms with Crippen molar-refractivity contribution < 1.29 is 4.92 Å². The van der Waals surface area contributed by atoms with Crippen LogP contribution < -0.4 is 11.5 Å². The van der Waals surface area contributed by atoms with Gasteiger partial charge in [-0.3, -0.25) is 10.1 Å². The molecule has 0 amide bonds. The van der Waals surface area contributed by atoms with Crippen molar-refractivity contribution in [1.29, 1.82) is 0 Å². The summed E-state index contributed by atoms with van der Waals surface area (Å²) in [5.74, 6) is -0.0741. The van der Waals surface area contributed by atoms with Crippen molar-refractivity contribution in [3.63, 3.8) is 0 Å². The number of halogens is 1. The molecule has 0 atom stereocenters. The monoisotopic (exact) mass is 293 g/mol. The normalized spacial score (nSPS) is 10.8. The van der Waals surface area contributed by atoms with E-state index in [-0.39, 0.29) is 28.3 Å². The Hall–Kier alpha value is -2.81. The van der Waals surface area contributed by atoms with Crippen LogP contribution in [0, 0.1) is 10.1 Å². The first-order valence-electron chi connectivity index (χ1n) is 5.22. The second kappa shape index (κ2) is 5.45. The van der Waals surface area contributed by atoms with Crippen molar-refractivity contribution in [2.75, 3.05) is 11.5 Å². The van der Waals surface area contributed by atoms with Gasteiger partial charge in [0.2, 0.25) is 5.95 Å². The summed E-state index contributed by atoms with van der Waals surface area (Å²) < 4.78 is 0. The molecular weight excluding hydrogens is 286 g/mol. The summed E-state index contributed by atoms with van der Waals surface area (Å²) in [6, 6.07) is 5.48. The molecule has 0 aliphatic rings. The molecule has 1 aromatic heterocycles. The van der Waals surface area contributed by atoms with Gasteiger partial charge in [-0.05, 0) is 12.1 Å². The summed E-state index contributed by atoms with van der Waals surface area (Å²) in [7, 11) is 0.